The van der Waals surface area contributed by atoms with Gasteiger partial charge in [-0.05, 0) is 73.1 Å². The molecule has 2 aliphatic heterocycles. The minimum absolute atomic E-state index is 0.0169. The molecule has 2 aromatic rings. The summed E-state index contributed by atoms with van der Waals surface area (Å²) in [6.45, 7) is 9.64. The van der Waals surface area contributed by atoms with Crippen LogP contribution in [0.2, 0.25) is 0 Å². The minimum Gasteiger partial charge on any atom is -0.497 e. The number of carbonyl (C=O) groups excluding carboxylic acids is 4. The van der Waals surface area contributed by atoms with Gasteiger partial charge in [0.1, 0.15) is 17.6 Å². The molecule has 1 aromatic heterocycles. The molecule has 3 fully saturated rings. The largest absolute Gasteiger partial charge is 0.497 e. The van der Waals surface area contributed by atoms with E-state index in [-0.39, 0.29) is 68.6 Å². The van der Waals surface area contributed by atoms with Gasteiger partial charge in [-0.25, -0.2) is 22.5 Å². The van der Waals surface area contributed by atoms with E-state index in [2.05, 4.69) is 11.9 Å². The molecule has 0 unspecified atom stereocenters. The lowest BCUT2D eigenvalue weighted by molar-refractivity contribution is -0.145. The van der Waals surface area contributed by atoms with Gasteiger partial charge in [-0.3, -0.25) is 19.2 Å². The second-order valence-corrected chi connectivity index (χ2v) is 18.9. The van der Waals surface area contributed by atoms with Gasteiger partial charge in [0.25, 0.3) is 10.0 Å². The van der Waals surface area contributed by atoms with E-state index in [0.717, 1.165) is 17.2 Å². The lowest BCUT2D eigenvalue weighted by atomic mass is 9.77. The van der Waals surface area contributed by atoms with Gasteiger partial charge in [-0.15, -0.1) is 0 Å². The Bertz CT molecular complexity index is 1920. The molecule has 6 rings (SSSR count). The highest BCUT2D eigenvalue weighted by molar-refractivity contribution is 7.91. The number of pyridine rings is 1. The van der Waals surface area contributed by atoms with Gasteiger partial charge in [-0.1, -0.05) is 46.8 Å². The first-order chi connectivity index (χ1) is 24.9. The summed E-state index contributed by atoms with van der Waals surface area (Å²) in [5.74, 6) is -1.79. The van der Waals surface area contributed by atoms with Gasteiger partial charge in [-0.2, -0.15) is 0 Å². The average Bonchev–Trinajstić information content (AvgIpc) is 3.97. The molecule has 2 amide bonds. The van der Waals surface area contributed by atoms with Crippen LogP contribution in [-0.2, 0) is 29.2 Å². The van der Waals surface area contributed by atoms with E-state index in [1.54, 1.807) is 19.4 Å². The molecule has 0 radical (unpaired) electrons. The quantitative estimate of drug-likeness (QED) is 0.316. The number of amides is 2. The van der Waals surface area contributed by atoms with Crippen LogP contribution < -0.4 is 14.2 Å². The number of alkyl halides is 1. The topological polar surface area (TPSA) is 149 Å². The number of ether oxygens (including phenoxy) is 2. The fourth-order valence-electron chi connectivity index (χ4n) is 7.99. The second kappa shape index (κ2) is 14.4. The first kappa shape index (κ1) is 38.8. The molecule has 1 saturated heterocycles. The number of ketones is 2. The molecule has 2 aliphatic carbocycles. The number of benzene rings is 1. The fraction of sp³-hybridized carbons (Fsp3) is 0.625. The van der Waals surface area contributed by atoms with E-state index < -0.39 is 61.5 Å². The Hall–Kier alpha value is -3.87. The van der Waals surface area contributed by atoms with E-state index in [1.165, 1.54) is 4.90 Å². The molecule has 13 heteroatoms. The lowest BCUT2D eigenvalue weighted by Crippen LogP contribution is -2.48. The Labute approximate surface area is 311 Å². The predicted molar refractivity (Wildman–Crippen MR) is 197 cm³/mol. The number of nitrogens with one attached hydrogen (secondary N) is 1. The van der Waals surface area contributed by atoms with E-state index >= 15 is 0 Å². The first-order valence-corrected chi connectivity index (χ1v) is 20.2. The molecule has 3 heterocycles. The SMILES string of the molecule is COc1ccc2c(O[C@@H]3C[C@H]4C(=O)C[C@]5(C(=O)NS(=O)(=O)C6(F)CC6)C[C@H]5/C=C\CC[C@@H](C)C[C@@H](C)[C@H](CC(=O)C(C)(C)C)C(=O)N4C3)nccc2c1. The molecule has 0 spiro atoms. The van der Waals surface area contributed by atoms with Crippen molar-refractivity contribution in [3.63, 3.8) is 0 Å². The number of fused-ring (bicyclic) bond motifs is 3. The molecule has 53 heavy (non-hydrogen) atoms. The number of hydrogen-bond acceptors (Lipinski definition) is 9. The first-order valence-electron chi connectivity index (χ1n) is 18.8. The summed E-state index contributed by atoms with van der Waals surface area (Å²) in [6.07, 6.45) is 6.57. The van der Waals surface area contributed by atoms with Gasteiger partial charge in [0.15, 0.2) is 5.78 Å². The summed E-state index contributed by atoms with van der Waals surface area (Å²) in [6, 6.07) is 6.30. The summed E-state index contributed by atoms with van der Waals surface area (Å²) in [4.78, 5) is 62.6. The highest BCUT2D eigenvalue weighted by Gasteiger charge is 2.64. The standard InChI is InChI=1S/C40H52FN3O8S/c1-24-9-7-8-10-27-21-39(27,37(48)43-53(49,50)40(41)14-15-40)22-33(45)32-19-29(52-35-30-12-11-28(51-6)18-26(30)13-16-42-35)23-44(32)36(47)31(25(2)17-24)20-34(46)38(3,4)5/h8,10-13,16,18,24-25,27,29,31-32H,7,9,14-15,17,19-23H2,1-6H3,(H,43,48)/b10-8-/t24-,25-,27-,29-,31+,32+,39-/m1/s1. The third kappa shape index (κ3) is 8.00. The van der Waals surface area contributed by atoms with E-state index in [0.29, 0.717) is 24.5 Å². The highest BCUT2D eigenvalue weighted by Crippen LogP contribution is 2.58. The molecule has 288 valence electrons. The van der Waals surface area contributed by atoms with Gasteiger partial charge >= 0.3 is 0 Å². The second-order valence-electron chi connectivity index (χ2n) is 16.9. The van der Waals surface area contributed by atoms with Crippen molar-refractivity contribution >= 4 is 44.2 Å². The summed E-state index contributed by atoms with van der Waals surface area (Å²) in [7, 11) is -3.02. The zero-order chi connectivity index (χ0) is 38.5. The third-order valence-corrected chi connectivity index (χ3v) is 13.6. The van der Waals surface area contributed by atoms with Gasteiger partial charge in [0.2, 0.25) is 22.7 Å². The van der Waals surface area contributed by atoms with Crippen LogP contribution in [0.1, 0.15) is 92.4 Å². The number of methoxy groups -OCH3 is 1. The Kier molecular flexibility index (Phi) is 10.6. The van der Waals surface area contributed by atoms with Gasteiger partial charge in [0, 0.05) is 55.0 Å². The summed E-state index contributed by atoms with van der Waals surface area (Å²) < 4.78 is 54.2. The number of halogens is 1. The Balaban J connectivity index is 1.35. The number of allylic oxidation sites excluding steroid dienone is 2. The molecule has 0 bridgehead atoms. The van der Waals surface area contributed by atoms with Crippen LogP contribution in [0.5, 0.6) is 11.6 Å². The minimum atomic E-state index is -4.60. The van der Waals surface area contributed by atoms with Crippen LogP contribution in [0.3, 0.4) is 0 Å². The van der Waals surface area contributed by atoms with Crippen LogP contribution in [0.25, 0.3) is 10.8 Å². The number of sulfonamides is 1. The van der Waals surface area contributed by atoms with Crippen LogP contribution in [0.15, 0.2) is 42.6 Å². The zero-order valence-corrected chi connectivity index (χ0v) is 32.3. The normalized spacial score (nSPS) is 31.0. The van der Waals surface area contributed by atoms with Crippen LogP contribution >= 0.6 is 0 Å². The molecular weight excluding hydrogens is 702 g/mol. The summed E-state index contributed by atoms with van der Waals surface area (Å²) in [5.41, 5.74) is -2.09. The number of rotatable bonds is 8. The summed E-state index contributed by atoms with van der Waals surface area (Å²) in [5, 5.41) is -0.942. The number of carbonyl (C=O) groups is 4. The smallest absolute Gasteiger partial charge is 0.270 e. The monoisotopic (exact) mass is 753 g/mol. The van der Waals surface area contributed by atoms with E-state index in [9.17, 15) is 32.0 Å². The average molecular weight is 754 g/mol. The maximum atomic E-state index is 14.8. The lowest BCUT2D eigenvalue weighted by Gasteiger charge is -2.33. The molecule has 1 N–H and O–H groups in total. The van der Waals surface area contributed by atoms with Crippen molar-refractivity contribution in [2.45, 2.75) is 110 Å². The Morgan fingerprint density at radius 2 is 1.85 bits per heavy atom. The third-order valence-electron chi connectivity index (χ3n) is 11.8. The molecular formula is C40H52FN3O8S. The van der Waals surface area contributed by atoms with Crippen molar-refractivity contribution in [3.05, 3.63) is 42.6 Å². The number of Topliss-reactive ketones (excluding diaryl/α,β-unsaturated/α-hetero) is 2. The summed E-state index contributed by atoms with van der Waals surface area (Å²) >= 11 is 0. The molecule has 7 atom stereocenters. The van der Waals surface area contributed by atoms with E-state index in [4.69, 9.17) is 9.47 Å². The molecule has 11 nitrogen and oxygen atoms in total. The highest BCUT2D eigenvalue weighted by atomic mass is 32.2. The van der Waals surface area contributed by atoms with Crippen LogP contribution in [-0.4, -0.2) is 72.5 Å². The maximum absolute atomic E-state index is 14.8. The maximum Gasteiger partial charge on any atom is 0.270 e. The van der Waals surface area contributed by atoms with Gasteiger partial charge in [0.05, 0.1) is 25.1 Å². The van der Waals surface area contributed by atoms with Crippen molar-refractivity contribution in [2.24, 2.45) is 34.5 Å². The Morgan fingerprint density at radius 3 is 2.53 bits per heavy atom. The number of hydrogen-bond donors (Lipinski definition) is 1. The van der Waals surface area contributed by atoms with Crippen molar-refractivity contribution in [3.8, 4) is 11.6 Å². The van der Waals surface area contributed by atoms with Crippen molar-refractivity contribution < 1.29 is 41.5 Å². The predicted octanol–water partition coefficient (Wildman–Crippen LogP) is 6.10. The molecule has 4 aliphatic rings. The van der Waals surface area contributed by atoms with Crippen LogP contribution in [0.4, 0.5) is 4.39 Å². The zero-order valence-electron chi connectivity index (χ0n) is 31.5. The molecule has 2 saturated carbocycles. The fourth-order valence-corrected chi connectivity index (χ4v) is 9.26. The van der Waals surface area contributed by atoms with Crippen molar-refractivity contribution in [1.29, 1.82) is 0 Å². The number of nitrogens with zero attached hydrogens (tertiary/aromatic N) is 2. The molecule has 1 aromatic carbocycles. The van der Waals surface area contributed by atoms with Crippen molar-refractivity contribution in [1.82, 2.24) is 14.6 Å². The Morgan fingerprint density at radius 1 is 1.11 bits per heavy atom. The van der Waals surface area contributed by atoms with Gasteiger partial charge < -0.3 is 14.4 Å². The van der Waals surface area contributed by atoms with Crippen molar-refractivity contribution in [2.75, 3.05) is 13.7 Å². The van der Waals surface area contributed by atoms with E-state index in [1.807, 2.05) is 62.8 Å². The number of aromatic nitrogens is 1. The van der Waals surface area contributed by atoms with Crippen LogP contribution in [0, 0.1) is 34.5 Å².